The highest BCUT2D eigenvalue weighted by molar-refractivity contribution is 8.13. The smallest absolute Gasteiger partial charge is 0.159 e. The van der Waals surface area contributed by atoms with Gasteiger partial charge in [-0.3, -0.25) is 4.99 Å². The Morgan fingerprint density at radius 3 is 3.00 bits per heavy atom. The van der Waals surface area contributed by atoms with Crippen LogP contribution < -0.4 is 0 Å². The molecular formula is C8H16N2S. The van der Waals surface area contributed by atoms with E-state index < -0.39 is 0 Å². The Morgan fingerprint density at radius 2 is 2.36 bits per heavy atom. The van der Waals surface area contributed by atoms with E-state index in [2.05, 4.69) is 23.7 Å². The average Bonchev–Trinajstić information content (AvgIpc) is 2.06. The van der Waals surface area contributed by atoms with Crippen LogP contribution in [0.15, 0.2) is 4.99 Å². The fourth-order valence-corrected chi connectivity index (χ4v) is 2.26. The van der Waals surface area contributed by atoms with Crippen LogP contribution >= 0.6 is 11.8 Å². The first-order chi connectivity index (χ1) is 5.38. The molecule has 0 atom stereocenters. The van der Waals surface area contributed by atoms with E-state index in [1.165, 1.54) is 23.9 Å². The van der Waals surface area contributed by atoms with Crippen LogP contribution in [0.25, 0.3) is 0 Å². The third kappa shape index (κ3) is 2.40. The van der Waals surface area contributed by atoms with Gasteiger partial charge < -0.3 is 4.90 Å². The molecular weight excluding hydrogens is 156 g/mol. The molecule has 1 aliphatic rings. The molecule has 0 unspecified atom stereocenters. The second-order valence-corrected chi connectivity index (χ2v) is 3.60. The monoisotopic (exact) mass is 172 g/mol. The minimum atomic E-state index is 0.916. The van der Waals surface area contributed by atoms with E-state index in [1.807, 2.05) is 11.8 Å². The van der Waals surface area contributed by atoms with Crippen molar-refractivity contribution in [1.29, 1.82) is 0 Å². The molecule has 0 amide bonds. The van der Waals surface area contributed by atoms with Crippen molar-refractivity contribution in [3.05, 3.63) is 0 Å². The summed E-state index contributed by atoms with van der Waals surface area (Å²) in [6.45, 7) is 7.50. The Bertz CT molecular complexity index is 145. The molecule has 0 radical (unpaired) electrons. The molecule has 0 aromatic carbocycles. The third-order valence-electron chi connectivity index (χ3n) is 1.75. The van der Waals surface area contributed by atoms with Crippen LogP contribution in [0.3, 0.4) is 0 Å². The Hall–Kier alpha value is -0.180. The number of aliphatic imine (C=N–C) groups is 1. The number of hydrogen-bond donors (Lipinski definition) is 0. The van der Waals surface area contributed by atoms with Crippen LogP contribution in [0.1, 0.15) is 20.3 Å². The highest BCUT2D eigenvalue weighted by Crippen LogP contribution is 2.16. The Labute approximate surface area is 73.1 Å². The number of thioether (sulfide) groups is 1. The summed E-state index contributed by atoms with van der Waals surface area (Å²) in [6.07, 6.45) is 1.31. The van der Waals surface area contributed by atoms with Crippen LogP contribution in [-0.2, 0) is 0 Å². The van der Waals surface area contributed by atoms with Crippen LogP contribution in [0.2, 0.25) is 0 Å². The molecule has 0 aromatic heterocycles. The van der Waals surface area contributed by atoms with Gasteiger partial charge in [0.15, 0.2) is 5.17 Å². The van der Waals surface area contributed by atoms with Gasteiger partial charge in [0.1, 0.15) is 0 Å². The molecule has 0 spiro atoms. The van der Waals surface area contributed by atoms with Gasteiger partial charge in [-0.15, -0.1) is 0 Å². The van der Waals surface area contributed by atoms with E-state index in [0.29, 0.717) is 0 Å². The number of nitrogens with zero attached hydrogens (tertiary/aromatic N) is 2. The summed E-state index contributed by atoms with van der Waals surface area (Å²) in [5.74, 6) is 1.25. The predicted molar refractivity (Wildman–Crippen MR) is 52.3 cm³/mol. The van der Waals surface area contributed by atoms with Gasteiger partial charge in [-0.25, -0.2) is 0 Å². The molecule has 2 nitrogen and oxygen atoms in total. The van der Waals surface area contributed by atoms with Crippen LogP contribution in [0.4, 0.5) is 0 Å². The van der Waals surface area contributed by atoms with E-state index in [9.17, 15) is 0 Å². The van der Waals surface area contributed by atoms with Crippen molar-refractivity contribution in [3.8, 4) is 0 Å². The number of amidine groups is 1. The summed E-state index contributed by atoms with van der Waals surface area (Å²) in [5, 5.41) is 1.25. The maximum atomic E-state index is 4.44. The number of rotatable bonds is 2. The van der Waals surface area contributed by atoms with Crippen molar-refractivity contribution in [1.82, 2.24) is 4.90 Å². The lowest BCUT2D eigenvalue weighted by Crippen LogP contribution is -2.33. The van der Waals surface area contributed by atoms with Crippen LogP contribution in [0, 0.1) is 0 Å². The summed E-state index contributed by atoms with van der Waals surface area (Å²) in [7, 11) is 0. The fraction of sp³-hybridized carbons (Fsp3) is 0.875. The highest BCUT2D eigenvalue weighted by atomic mass is 32.2. The zero-order valence-corrected chi connectivity index (χ0v) is 8.15. The lowest BCUT2D eigenvalue weighted by molar-refractivity contribution is 0.442. The molecule has 11 heavy (non-hydrogen) atoms. The zero-order chi connectivity index (χ0) is 8.10. The second-order valence-electron chi connectivity index (χ2n) is 2.54. The zero-order valence-electron chi connectivity index (χ0n) is 7.34. The van der Waals surface area contributed by atoms with Gasteiger partial charge in [0, 0.05) is 25.4 Å². The molecule has 1 fully saturated rings. The summed E-state index contributed by atoms with van der Waals surface area (Å²) in [6, 6.07) is 0. The van der Waals surface area contributed by atoms with E-state index in [0.717, 1.165) is 13.1 Å². The van der Waals surface area contributed by atoms with Crippen LogP contribution in [0.5, 0.6) is 0 Å². The predicted octanol–water partition coefficient (Wildman–Crippen LogP) is 1.82. The normalized spacial score (nSPS) is 22.7. The molecule has 64 valence electrons. The Kier molecular flexibility index (Phi) is 3.77. The SMILES string of the molecule is CCN=C1SCCCN1CC. The molecule has 1 rings (SSSR count). The van der Waals surface area contributed by atoms with Gasteiger partial charge in [-0.1, -0.05) is 11.8 Å². The van der Waals surface area contributed by atoms with Gasteiger partial charge in [-0.05, 0) is 20.3 Å². The van der Waals surface area contributed by atoms with Crippen molar-refractivity contribution in [2.45, 2.75) is 20.3 Å². The van der Waals surface area contributed by atoms with E-state index >= 15 is 0 Å². The molecule has 3 heteroatoms. The molecule has 1 heterocycles. The van der Waals surface area contributed by atoms with Crippen molar-refractivity contribution in [2.24, 2.45) is 4.99 Å². The van der Waals surface area contributed by atoms with Gasteiger partial charge in [0.25, 0.3) is 0 Å². The molecule has 0 saturated carbocycles. The maximum absolute atomic E-state index is 4.44. The van der Waals surface area contributed by atoms with Gasteiger partial charge >= 0.3 is 0 Å². The third-order valence-corrected chi connectivity index (χ3v) is 2.89. The quantitative estimate of drug-likeness (QED) is 0.631. The van der Waals surface area contributed by atoms with Gasteiger partial charge in [-0.2, -0.15) is 0 Å². The molecule has 0 bridgehead atoms. The van der Waals surface area contributed by atoms with Crippen molar-refractivity contribution in [3.63, 3.8) is 0 Å². The maximum Gasteiger partial charge on any atom is 0.159 e. The first-order valence-corrected chi connectivity index (χ1v) is 5.29. The van der Waals surface area contributed by atoms with Crippen LogP contribution in [-0.4, -0.2) is 35.5 Å². The average molecular weight is 172 g/mol. The Balaban J connectivity index is 2.51. The summed E-state index contributed by atoms with van der Waals surface area (Å²) < 4.78 is 0. The summed E-state index contributed by atoms with van der Waals surface area (Å²) in [5.41, 5.74) is 0. The van der Waals surface area contributed by atoms with Crippen molar-refractivity contribution in [2.75, 3.05) is 25.4 Å². The van der Waals surface area contributed by atoms with E-state index in [4.69, 9.17) is 0 Å². The van der Waals surface area contributed by atoms with Crippen molar-refractivity contribution < 1.29 is 0 Å². The molecule has 1 aliphatic heterocycles. The van der Waals surface area contributed by atoms with Gasteiger partial charge in [0.05, 0.1) is 0 Å². The van der Waals surface area contributed by atoms with Gasteiger partial charge in [0.2, 0.25) is 0 Å². The lowest BCUT2D eigenvalue weighted by Gasteiger charge is -2.28. The molecule has 0 aliphatic carbocycles. The lowest BCUT2D eigenvalue weighted by atomic mass is 10.4. The Morgan fingerprint density at radius 1 is 1.55 bits per heavy atom. The molecule has 0 N–H and O–H groups in total. The summed E-state index contributed by atoms with van der Waals surface area (Å²) in [4.78, 5) is 6.80. The first-order valence-electron chi connectivity index (χ1n) is 4.30. The fourth-order valence-electron chi connectivity index (χ4n) is 1.18. The molecule has 1 saturated heterocycles. The number of hydrogen-bond acceptors (Lipinski definition) is 2. The second kappa shape index (κ2) is 4.65. The first kappa shape index (κ1) is 8.91. The molecule has 0 aromatic rings. The minimum Gasteiger partial charge on any atom is -0.352 e. The largest absolute Gasteiger partial charge is 0.352 e. The van der Waals surface area contributed by atoms with E-state index in [1.54, 1.807) is 0 Å². The van der Waals surface area contributed by atoms with E-state index in [-0.39, 0.29) is 0 Å². The van der Waals surface area contributed by atoms with Crippen molar-refractivity contribution >= 4 is 16.9 Å². The standard InChI is InChI=1S/C8H16N2S/c1-3-9-8-10(4-2)6-5-7-11-8/h3-7H2,1-2H3. The summed E-state index contributed by atoms with van der Waals surface area (Å²) >= 11 is 1.90. The highest BCUT2D eigenvalue weighted by Gasteiger charge is 2.13. The topological polar surface area (TPSA) is 15.6 Å². The minimum absolute atomic E-state index is 0.916.